The fraction of sp³-hybridized carbons (Fsp3) is 0.0800. The zero-order valence-corrected chi connectivity index (χ0v) is 17.6. The lowest BCUT2D eigenvalue weighted by molar-refractivity contribution is 0.0526. The Morgan fingerprint density at radius 2 is 1.87 bits per heavy atom. The van der Waals surface area contributed by atoms with E-state index in [9.17, 15) is 10.1 Å². The number of thiazole rings is 1. The first-order valence-corrected chi connectivity index (χ1v) is 10.6. The molecule has 5 nitrogen and oxygen atoms in total. The molecule has 0 unspecified atom stereocenters. The molecule has 0 saturated heterocycles. The van der Waals surface area contributed by atoms with Gasteiger partial charge in [-0.25, -0.2) is 9.78 Å². The average Bonchev–Trinajstić information content (AvgIpc) is 3.48. The Kier molecular flexibility index (Phi) is 6.06. The van der Waals surface area contributed by atoms with E-state index in [-0.39, 0.29) is 5.97 Å². The number of hydrogen-bond donors (Lipinski definition) is 0. The van der Waals surface area contributed by atoms with Crippen molar-refractivity contribution in [2.75, 3.05) is 6.61 Å². The highest BCUT2D eigenvalue weighted by molar-refractivity contribution is 7.11. The maximum absolute atomic E-state index is 11.8. The van der Waals surface area contributed by atoms with Crippen LogP contribution in [0.3, 0.4) is 0 Å². The first-order valence-electron chi connectivity index (χ1n) is 9.68. The molecule has 0 saturated carbocycles. The number of nitrogens with zero attached hydrogens (tertiary/aromatic N) is 2. The number of carbonyl (C=O) groups is 1. The predicted octanol–water partition coefficient (Wildman–Crippen LogP) is 6.31. The highest BCUT2D eigenvalue weighted by Gasteiger charge is 2.12. The SMILES string of the molecule is CCOC(=O)c1ccc(-c2ccc(/C=C(\C#N)c3nc(-c4ccccc4)cs3)o2)cc1. The number of carbonyl (C=O) groups excluding carboxylic acids is 1. The molecule has 4 rings (SSSR count). The Hall–Kier alpha value is -3.95. The van der Waals surface area contributed by atoms with Gasteiger partial charge in [0.05, 0.1) is 23.4 Å². The van der Waals surface area contributed by atoms with Crippen molar-refractivity contribution in [1.82, 2.24) is 4.98 Å². The third-order valence-electron chi connectivity index (χ3n) is 4.52. The van der Waals surface area contributed by atoms with E-state index < -0.39 is 0 Å². The molecule has 0 radical (unpaired) electrons. The Morgan fingerprint density at radius 1 is 1.10 bits per heavy atom. The van der Waals surface area contributed by atoms with Crippen LogP contribution in [-0.4, -0.2) is 17.6 Å². The summed E-state index contributed by atoms with van der Waals surface area (Å²) in [5, 5.41) is 12.2. The number of hydrogen-bond acceptors (Lipinski definition) is 6. The zero-order chi connectivity index (χ0) is 21.6. The Balaban J connectivity index is 1.55. The third-order valence-corrected chi connectivity index (χ3v) is 5.39. The van der Waals surface area contributed by atoms with Gasteiger partial charge in [-0.3, -0.25) is 0 Å². The number of aromatic nitrogens is 1. The van der Waals surface area contributed by atoms with Crippen molar-refractivity contribution in [3.8, 4) is 28.7 Å². The quantitative estimate of drug-likeness (QED) is 0.267. The molecule has 31 heavy (non-hydrogen) atoms. The Morgan fingerprint density at radius 3 is 2.58 bits per heavy atom. The number of benzene rings is 2. The topological polar surface area (TPSA) is 76.1 Å². The van der Waals surface area contributed by atoms with Gasteiger partial charge < -0.3 is 9.15 Å². The molecule has 0 fully saturated rings. The van der Waals surface area contributed by atoms with Crippen LogP contribution in [0.15, 0.2) is 76.5 Å². The number of allylic oxidation sites excluding steroid dienone is 1. The normalized spacial score (nSPS) is 11.2. The average molecular weight is 426 g/mol. The minimum atomic E-state index is -0.353. The standard InChI is InChI=1S/C25H18N2O3S/c1-2-29-25(28)19-10-8-18(9-11-19)23-13-12-21(30-23)14-20(15-26)24-27-22(16-31-24)17-6-4-3-5-7-17/h3-14,16H,2H2,1H3/b20-14+. The molecule has 2 aromatic carbocycles. The second kappa shape index (κ2) is 9.24. The number of rotatable bonds is 6. The number of esters is 1. The van der Waals surface area contributed by atoms with Crippen LogP contribution in [0, 0.1) is 11.3 Å². The van der Waals surface area contributed by atoms with E-state index in [4.69, 9.17) is 9.15 Å². The summed E-state index contributed by atoms with van der Waals surface area (Å²) in [6.07, 6.45) is 1.68. The van der Waals surface area contributed by atoms with Gasteiger partial charge in [0, 0.05) is 22.6 Å². The van der Waals surface area contributed by atoms with E-state index in [2.05, 4.69) is 11.1 Å². The molecular weight excluding hydrogens is 408 g/mol. The zero-order valence-electron chi connectivity index (χ0n) is 16.7. The van der Waals surface area contributed by atoms with Crippen LogP contribution in [0.25, 0.3) is 34.2 Å². The largest absolute Gasteiger partial charge is 0.462 e. The Labute approximate surface area is 183 Å². The molecule has 0 atom stereocenters. The number of nitriles is 1. The fourth-order valence-corrected chi connectivity index (χ4v) is 3.79. The predicted molar refractivity (Wildman–Crippen MR) is 121 cm³/mol. The molecule has 0 amide bonds. The lowest BCUT2D eigenvalue weighted by Gasteiger charge is -2.02. The molecule has 2 aromatic heterocycles. The number of furan rings is 1. The van der Waals surface area contributed by atoms with Crippen LogP contribution in [0.1, 0.15) is 28.0 Å². The van der Waals surface area contributed by atoms with Gasteiger partial charge in [0.2, 0.25) is 0 Å². The second-order valence-electron chi connectivity index (χ2n) is 6.57. The van der Waals surface area contributed by atoms with Crippen molar-refractivity contribution in [1.29, 1.82) is 5.26 Å². The van der Waals surface area contributed by atoms with Gasteiger partial charge in [-0.1, -0.05) is 42.5 Å². The van der Waals surface area contributed by atoms with Crippen LogP contribution >= 0.6 is 11.3 Å². The highest BCUT2D eigenvalue weighted by Crippen LogP contribution is 2.29. The van der Waals surface area contributed by atoms with E-state index in [1.165, 1.54) is 11.3 Å². The maximum atomic E-state index is 11.8. The van der Waals surface area contributed by atoms with Crippen LogP contribution in [-0.2, 0) is 4.74 Å². The minimum Gasteiger partial charge on any atom is -0.462 e. The fourth-order valence-electron chi connectivity index (χ4n) is 2.99. The van der Waals surface area contributed by atoms with Crippen LogP contribution in [0.4, 0.5) is 0 Å². The summed E-state index contributed by atoms with van der Waals surface area (Å²) < 4.78 is 10.9. The molecule has 2 heterocycles. The number of ether oxygens (including phenoxy) is 1. The minimum absolute atomic E-state index is 0.335. The highest BCUT2D eigenvalue weighted by atomic mass is 32.1. The molecule has 0 N–H and O–H groups in total. The maximum Gasteiger partial charge on any atom is 0.338 e. The van der Waals surface area contributed by atoms with Gasteiger partial charge >= 0.3 is 5.97 Å². The van der Waals surface area contributed by atoms with E-state index in [0.29, 0.717) is 34.3 Å². The van der Waals surface area contributed by atoms with Crippen LogP contribution < -0.4 is 0 Å². The van der Waals surface area contributed by atoms with E-state index in [1.807, 2.05) is 41.8 Å². The Bertz CT molecular complexity index is 1260. The van der Waals surface area contributed by atoms with Gasteiger partial charge in [0.1, 0.15) is 22.6 Å². The molecule has 0 aliphatic rings. The van der Waals surface area contributed by atoms with Crippen molar-refractivity contribution >= 4 is 29.0 Å². The summed E-state index contributed by atoms with van der Waals surface area (Å²) in [4.78, 5) is 16.4. The summed E-state index contributed by atoms with van der Waals surface area (Å²) in [7, 11) is 0. The van der Waals surface area contributed by atoms with Gasteiger partial charge in [-0.15, -0.1) is 11.3 Å². The van der Waals surface area contributed by atoms with Gasteiger partial charge in [-0.05, 0) is 31.2 Å². The van der Waals surface area contributed by atoms with Crippen molar-refractivity contribution in [2.45, 2.75) is 6.92 Å². The first-order chi connectivity index (χ1) is 15.2. The summed E-state index contributed by atoms with van der Waals surface area (Å²) >= 11 is 1.42. The molecular formula is C25H18N2O3S. The smallest absolute Gasteiger partial charge is 0.338 e. The lowest BCUT2D eigenvalue weighted by Crippen LogP contribution is -2.03. The molecule has 4 aromatic rings. The molecule has 0 spiro atoms. The molecule has 0 aliphatic carbocycles. The molecule has 0 aliphatic heterocycles. The molecule has 0 bridgehead atoms. The van der Waals surface area contributed by atoms with Crippen molar-refractivity contribution in [3.05, 3.63) is 88.4 Å². The summed E-state index contributed by atoms with van der Waals surface area (Å²) in [5.41, 5.74) is 3.59. The third kappa shape index (κ3) is 4.63. The molecule has 152 valence electrons. The summed E-state index contributed by atoms with van der Waals surface area (Å²) in [5.74, 6) is 0.842. The first kappa shape index (κ1) is 20.3. The van der Waals surface area contributed by atoms with Crippen molar-refractivity contribution < 1.29 is 13.9 Å². The van der Waals surface area contributed by atoms with E-state index >= 15 is 0 Å². The van der Waals surface area contributed by atoms with E-state index in [1.54, 1.807) is 43.3 Å². The van der Waals surface area contributed by atoms with Gasteiger partial charge in [0.15, 0.2) is 0 Å². The van der Waals surface area contributed by atoms with Gasteiger partial charge in [-0.2, -0.15) is 5.26 Å². The monoisotopic (exact) mass is 426 g/mol. The van der Waals surface area contributed by atoms with E-state index in [0.717, 1.165) is 16.8 Å². The lowest BCUT2D eigenvalue weighted by atomic mass is 10.1. The summed E-state index contributed by atoms with van der Waals surface area (Å²) in [6.45, 7) is 2.11. The summed E-state index contributed by atoms with van der Waals surface area (Å²) in [6, 6.07) is 22.7. The molecule has 6 heteroatoms. The van der Waals surface area contributed by atoms with Crippen molar-refractivity contribution in [3.63, 3.8) is 0 Å². The second-order valence-corrected chi connectivity index (χ2v) is 7.43. The van der Waals surface area contributed by atoms with Crippen LogP contribution in [0.5, 0.6) is 0 Å². The van der Waals surface area contributed by atoms with Crippen LogP contribution in [0.2, 0.25) is 0 Å². The van der Waals surface area contributed by atoms with Gasteiger partial charge in [0.25, 0.3) is 0 Å². The van der Waals surface area contributed by atoms with Crippen molar-refractivity contribution in [2.24, 2.45) is 0 Å².